The van der Waals surface area contributed by atoms with Crippen molar-refractivity contribution in [3.63, 3.8) is 0 Å². The van der Waals surface area contributed by atoms with Crippen molar-refractivity contribution in [1.82, 2.24) is 4.90 Å². The molecular weight excluding hydrogens is 180 g/mol. The predicted octanol–water partition coefficient (Wildman–Crippen LogP) is -0.0454. The average molecular weight is 200 g/mol. The second-order valence-electron chi connectivity index (χ2n) is 4.36. The molecule has 0 radical (unpaired) electrons. The molecule has 82 valence electrons. The Balaban J connectivity index is 2.55. The first kappa shape index (κ1) is 11.5. The Kier molecular flexibility index (Phi) is 3.50. The summed E-state index contributed by atoms with van der Waals surface area (Å²) in [5.41, 5.74) is 5.13. The van der Waals surface area contributed by atoms with E-state index in [1.165, 1.54) is 0 Å². The van der Waals surface area contributed by atoms with Gasteiger partial charge >= 0.3 is 0 Å². The van der Waals surface area contributed by atoms with Gasteiger partial charge in [-0.3, -0.25) is 4.79 Å². The third kappa shape index (κ3) is 2.25. The van der Waals surface area contributed by atoms with Gasteiger partial charge in [-0.25, -0.2) is 0 Å². The van der Waals surface area contributed by atoms with Crippen molar-refractivity contribution in [2.45, 2.75) is 32.2 Å². The molecule has 0 saturated carbocycles. The molecule has 1 rings (SSSR count). The zero-order chi connectivity index (χ0) is 10.8. The molecular formula is C10H20N2O2. The lowest BCUT2D eigenvalue weighted by atomic mass is 9.99. The van der Waals surface area contributed by atoms with Crippen LogP contribution in [0, 0.1) is 5.92 Å². The summed E-state index contributed by atoms with van der Waals surface area (Å²) in [4.78, 5) is 13.6. The first-order chi connectivity index (χ1) is 6.51. The third-order valence-corrected chi connectivity index (χ3v) is 3.05. The molecule has 0 bridgehead atoms. The Morgan fingerprint density at radius 1 is 1.71 bits per heavy atom. The van der Waals surface area contributed by atoms with Gasteiger partial charge in [-0.05, 0) is 19.8 Å². The molecule has 4 heteroatoms. The summed E-state index contributed by atoms with van der Waals surface area (Å²) in [7, 11) is 0. The van der Waals surface area contributed by atoms with E-state index in [1.54, 1.807) is 11.8 Å². The van der Waals surface area contributed by atoms with Gasteiger partial charge < -0.3 is 15.7 Å². The summed E-state index contributed by atoms with van der Waals surface area (Å²) >= 11 is 0. The van der Waals surface area contributed by atoms with Crippen LogP contribution in [0.4, 0.5) is 0 Å². The molecule has 0 aromatic carbocycles. The Morgan fingerprint density at radius 3 is 2.79 bits per heavy atom. The molecule has 1 fully saturated rings. The molecule has 0 aromatic rings. The van der Waals surface area contributed by atoms with Gasteiger partial charge in [-0.1, -0.05) is 6.92 Å². The fraction of sp³-hybridized carbons (Fsp3) is 0.900. The summed E-state index contributed by atoms with van der Waals surface area (Å²) in [6.07, 6.45) is 1.54. The van der Waals surface area contributed by atoms with E-state index in [0.29, 0.717) is 13.0 Å². The lowest BCUT2D eigenvalue weighted by Crippen LogP contribution is -2.52. The lowest BCUT2D eigenvalue weighted by molar-refractivity contribution is -0.135. The van der Waals surface area contributed by atoms with Gasteiger partial charge in [0.2, 0.25) is 5.91 Å². The number of carbonyl (C=O) groups is 1. The molecule has 1 saturated heterocycles. The van der Waals surface area contributed by atoms with Crippen LogP contribution in [0.1, 0.15) is 26.7 Å². The summed E-state index contributed by atoms with van der Waals surface area (Å²) in [5.74, 6) is 0.252. The van der Waals surface area contributed by atoms with Crippen LogP contribution in [0.2, 0.25) is 0 Å². The molecule has 0 aromatic heterocycles. The molecule has 2 atom stereocenters. The van der Waals surface area contributed by atoms with Gasteiger partial charge in [0, 0.05) is 25.6 Å². The fourth-order valence-corrected chi connectivity index (χ4v) is 1.68. The quantitative estimate of drug-likeness (QED) is 0.671. The molecule has 3 N–H and O–H groups in total. The Morgan fingerprint density at radius 2 is 2.36 bits per heavy atom. The van der Waals surface area contributed by atoms with Crippen molar-refractivity contribution in [3.05, 3.63) is 0 Å². The summed E-state index contributed by atoms with van der Waals surface area (Å²) in [5, 5.41) is 8.96. The number of hydrogen-bond donors (Lipinski definition) is 2. The second-order valence-corrected chi connectivity index (χ2v) is 4.36. The van der Waals surface area contributed by atoms with E-state index < -0.39 is 5.54 Å². The van der Waals surface area contributed by atoms with Gasteiger partial charge in [-0.15, -0.1) is 0 Å². The number of aliphatic hydroxyl groups is 1. The van der Waals surface area contributed by atoms with Crippen molar-refractivity contribution in [2.75, 3.05) is 19.7 Å². The Hall–Kier alpha value is -0.610. The number of hydrogen-bond acceptors (Lipinski definition) is 3. The van der Waals surface area contributed by atoms with Gasteiger partial charge in [0.15, 0.2) is 0 Å². The molecule has 0 aliphatic carbocycles. The number of nitrogens with zero attached hydrogens (tertiary/aromatic N) is 1. The van der Waals surface area contributed by atoms with Crippen molar-refractivity contribution in [3.8, 4) is 0 Å². The molecule has 1 aliphatic heterocycles. The van der Waals surface area contributed by atoms with E-state index >= 15 is 0 Å². The van der Waals surface area contributed by atoms with Crippen LogP contribution in [0.5, 0.6) is 0 Å². The lowest BCUT2D eigenvalue weighted by Gasteiger charge is -2.28. The standard InChI is InChI=1S/C10H20N2O2/c1-3-10(2,11)9(14)12-5-4-8(6-12)7-13/h8,13H,3-7,11H2,1-2H3. The SMILES string of the molecule is CCC(C)(N)C(=O)N1CCC(CO)C1. The Bertz CT molecular complexity index is 216. The minimum Gasteiger partial charge on any atom is -0.396 e. The number of carbonyl (C=O) groups excluding carboxylic acids is 1. The van der Waals surface area contributed by atoms with Crippen LogP contribution >= 0.6 is 0 Å². The average Bonchev–Trinajstić information content (AvgIpc) is 2.64. The summed E-state index contributed by atoms with van der Waals surface area (Å²) < 4.78 is 0. The number of rotatable bonds is 3. The van der Waals surface area contributed by atoms with Crippen LogP contribution in [-0.4, -0.2) is 41.1 Å². The predicted molar refractivity (Wildman–Crippen MR) is 54.7 cm³/mol. The van der Waals surface area contributed by atoms with E-state index in [1.807, 2.05) is 6.92 Å². The Labute approximate surface area is 85.1 Å². The number of nitrogens with two attached hydrogens (primary N) is 1. The zero-order valence-corrected chi connectivity index (χ0v) is 8.99. The minimum absolute atomic E-state index is 0.0101. The highest BCUT2D eigenvalue weighted by Crippen LogP contribution is 2.19. The van der Waals surface area contributed by atoms with E-state index in [9.17, 15) is 4.79 Å². The molecule has 1 heterocycles. The first-order valence-corrected chi connectivity index (χ1v) is 5.20. The van der Waals surface area contributed by atoms with E-state index in [-0.39, 0.29) is 18.4 Å². The number of amides is 1. The number of likely N-dealkylation sites (tertiary alicyclic amines) is 1. The highest BCUT2D eigenvalue weighted by molar-refractivity contribution is 5.85. The van der Waals surface area contributed by atoms with Crippen molar-refractivity contribution in [1.29, 1.82) is 0 Å². The van der Waals surface area contributed by atoms with Crippen LogP contribution in [0.15, 0.2) is 0 Å². The third-order valence-electron chi connectivity index (χ3n) is 3.05. The van der Waals surface area contributed by atoms with E-state index in [4.69, 9.17) is 10.8 Å². The largest absolute Gasteiger partial charge is 0.396 e. The summed E-state index contributed by atoms with van der Waals surface area (Å²) in [6, 6.07) is 0. The monoisotopic (exact) mass is 200 g/mol. The molecule has 1 amide bonds. The fourth-order valence-electron chi connectivity index (χ4n) is 1.68. The smallest absolute Gasteiger partial charge is 0.242 e. The van der Waals surface area contributed by atoms with Crippen molar-refractivity contribution >= 4 is 5.91 Å². The van der Waals surface area contributed by atoms with Gasteiger partial charge in [0.05, 0.1) is 5.54 Å². The van der Waals surface area contributed by atoms with Crippen molar-refractivity contribution < 1.29 is 9.90 Å². The molecule has 1 aliphatic rings. The maximum Gasteiger partial charge on any atom is 0.242 e. The van der Waals surface area contributed by atoms with Crippen LogP contribution in [0.3, 0.4) is 0 Å². The van der Waals surface area contributed by atoms with Crippen LogP contribution in [0.25, 0.3) is 0 Å². The topological polar surface area (TPSA) is 66.6 Å². The highest BCUT2D eigenvalue weighted by atomic mass is 16.3. The van der Waals surface area contributed by atoms with Crippen LogP contribution < -0.4 is 5.73 Å². The molecule has 14 heavy (non-hydrogen) atoms. The highest BCUT2D eigenvalue weighted by Gasteiger charge is 2.34. The van der Waals surface area contributed by atoms with Gasteiger partial charge in [0.1, 0.15) is 0 Å². The second kappa shape index (κ2) is 4.28. The van der Waals surface area contributed by atoms with E-state index in [0.717, 1.165) is 13.0 Å². The maximum atomic E-state index is 11.9. The van der Waals surface area contributed by atoms with Crippen molar-refractivity contribution in [2.24, 2.45) is 11.7 Å². The maximum absolute atomic E-state index is 11.9. The normalized spacial score (nSPS) is 26.3. The molecule has 0 spiro atoms. The zero-order valence-electron chi connectivity index (χ0n) is 8.99. The first-order valence-electron chi connectivity index (χ1n) is 5.20. The van der Waals surface area contributed by atoms with Gasteiger partial charge in [-0.2, -0.15) is 0 Å². The molecule has 2 unspecified atom stereocenters. The summed E-state index contributed by atoms with van der Waals surface area (Å²) in [6.45, 7) is 5.23. The van der Waals surface area contributed by atoms with Gasteiger partial charge in [0.25, 0.3) is 0 Å². The van der Waals surface area contributed by atoms with Crippen LogP contribution in [-0.2, 0) is 4.79 Å². The number of aliphatic hydroxyl groups excluding tert-OH is 1. The van der Waals surface area contributed by atoms with E-state index in [2.05, 4.69) is 0 Å². The minimum atomic E-state index is -0.746. The molecule has 4 nitrogen and oxygen atoms in total.